The summed E-state index contributed by atoms with van der Waals surface area (Å²) in [5.41, 5.74) is 0. The van der Waals surface area contributed by atoms with Gasteiger partial charge in [0.25, 0.3) is 0 Å². The van der Waals surface area contributed by atoms with Gasteiger partial charge in [-0.1, -0.05) is 13.8 Å². The number of carbonyl (C=O) groups is 1. The molecule has 1 unspecified atom stereocenters. The molecule has 0 aromatic heterocycles. The summed E-state index contributed by atoms with van der Waals surface area (Å²) < 4.78 is 5.03. The quantitative estimate of drug-likeness (QED) is 0.692. The van der Waals surface area contributed by atoms with Gasteiger partial charge in [-0.15, -0.1) is 0 Å². The van der Waals surface area contributed by atoms with Crippen LogP contribution in [-0.4, -0.2) is 49.8 Å². The third-order valence-electron chi connectivity index (χ3n) is 2.59. The highest BCUT2D eigenvalue weighted by molar-refractivity contribution is 5.72. The van der Waals surface area contributed by atoms with E-state index in [4.69, 9.17) is 4.74 Å². The van der Waals surface area contributed by atoms with Gasteiger partial charge in [-0.25, -0.2) is 10.0 Å². The molecular weight excluding hydrogens is 204 g/mol. The van der Waals surface area contributed by atoms with Crippen LogP contribution in [0.5, 0.6) is 0 Å². The molecule has 0 aromatic rings. The van der Waals surface area contributed by atoms with Crippen LogP contribution >= 0.6 is 0 Å². The van der Waals surface area contributed by atoms with Gasteiger partial charge in [0.15, 0.2) is 0 Å². The Morgan fingerprint density at radius 1 is 1.44 bits per heavy atom. The summed E-state index contributed by atoms with van der Waals surface area (Å²) in [5, 5.41) is 4.23. The van der Waals surface area contributed by atoms with Crippen LogP contribution in [0, 0.1) is 5.92 Å². The Morgan fingerprint density at radius 3 is 2.56 bits per heavy atom. The molecule has 0 aromatic carbocycles. The van der Waals surface area contributed by atoms with Gasteiger partial charge in [0, 0.05) is 27.2 Å². The van der Waals surface area contributed by atoms with Crippen LogP contribution in [0.3, 0.4) is 0 Å². The van der Waals surface area contributed by atoms with E-state index in [1.807, 2.05) is 39.9 Å². The van der Waals surface area contributed by atoms with Crippen molar-refractivity contribution in [3.63, 3.8) is 0 Å². The van der Waals surface area contributed by atoms with Crippen molar-refractivity contribution in [1.82, 2.24) is 10.0 Å². The number of esters is 1. The van der Waals surface area contributed by atoms with E-state index >= 15 is 0 Å². The summed E-state index contributed by atoms with van der Waals surface area (Å²) in [5.74, 6) is 0.0187. The van der Waals surface area contributed by atoms with E-state index in [0.29, 0.717) is 6.61 Å². The molecule has 0 amide bonds. The highest BCUT2D eigenvalue weighted by atomic mass is 16.5. The van der Waals surface area contributed by atoms with Gasteiger partial charge in [0.05, 0.1) is 12.5 Å². The molecular formula is C12H26N2O2. The first kappa shape index (κ1) is 15.4. The fourth-order valence-corrected chi connectivity index (χ4v) is 1.77. The van der Waals surface area contributed by atoms with Crippen LogP contribution in [0.2, 0.25) is 0 Å². The second-order valence-electron chi connectivity index (χ2n) is 3.85. The minimum Gasteiger partial charge on any atom is -0.466 e. The van der Waals surface area contributed by atoms with Gasteiger partial charge < -0.3 is 4.74 Å². The maximum Gasteiger partial charge on any atom is 0.310 e. The third kappa shape index (κ3) is 4.94. The van der Waals surface area contributed by atoms with E-state index in [0.717, 1.165) is 25.9 Å². The topological polar surface area (TPSA) is 32.8 Å². The Morgan fingerprint density at radius 2 is 2.06 bits per heavy atom. The summed E-state index contributed by atoms with van der Waals surface area (Å²) in [4.78, 5) is 11.5. The first-order valence-corrected chi connectivity index (χ1v) is 6.24. The van der Waals surface area contributed by atoms with Crippen molar-refractivity contribution in [1.29, 1.82) is 0 Å². The zero-order chi connectivity index (χ0) is 12.6. The number of piperidine rings is 1. The summed E-state index contributed by atoms with van der Waals surface area (Å²) in [7, 11) is 4.01. The van der Waals surface area contributed by atoms with Crippen molar-refractivity contribution < 1.29 is 9.53 Å². The van der Waals surface area contributed by atoms with Gasteiger partial charge >= 0.3 is 5.97 Å². The maximum atomic E-state index is 11.5. The van der Waals surface area contributed by atoms with Crippen molar-refractivity contribution >= 4 is 5.97 Å². The maximum absolute atomic E-state index is 11.5. The Labute approximate surface area is 99.5 Å². The van der Waals surface area contributed by atoms with Gasteiger partial charge in [0.2, 0.25) is 0 Å². The van der Waals surface area contributed by atoms with Gasteiger partial charge in [0.1, 0.15) is 0 Å². The molecule has 0 radical (unpaired) electrons. The highest BCUT2D eigenvalue weighted by Crippen LogP contribution is 2.18. The van der Waals surface area contributed by atoms with Crippen LogP contribution in [-0.2, 0) is 9.53 Å². The van der Waals surface area contributed by atoms with E-state index in [-0.39, 0.29) is 11.9 Å². The van der Waals surface area contributed by atoms with Crippen LogP contribution < -0.4 is 0 Å². The molecule has 0 aliphatic carbocycles. The molecule has 16 heavy (non-hydrogen) atoms. The summed E-state index contributed by atoms with van der Waals surface area (Å²) in [6.07, 6.45) is 2.03. The molecule has 0 spiro atoms. The number of hydrogen-bond donors (Lipinski definition) is 0. The predicted molar refractivity (Wildman–Crippen MR) is 66.0 cm³/mol. The predicted octanol–water partition coefficient (Wildman–Crippen LogP) is 1.76. The zero-order valence-corrected chi connectivity index (χ0v) is 11.3. The number of hydrazine groups is 1. The van der Waals surface area contributed by atoms with Crippen LogP contribution in [0.15, 0.2) is 0 Å². The largest absolute Gasteiger partial charge is 0.466 e. The van der Waals surface area contributed by atoms with Crippen molar-refractivity contribution in [2.75, 3.05) is 33.8 Å². The number of carbonyl (C=O) groups excluding carboxylic acids is 1. The Hall–Kier alpha value is -0.610. The average Bonchev–Trinajstić information content (AvgIpc) is 2.32. The van der Waals surface area contributed by atoms with Crippen molar-refractivity contribution in [2.24, 2.45) is 5.92 Å². The molecule has 0 bridgehead atoms. The second-order valence-corrected chi connectivity index (χ2v) is 3.85. The first-order chi connectivity index (χ1) is 7.65. The molecule has 1 rings (SSSR count). The van der Waals surface area contributed by atoms with E-state index in [1.165, 1.54) is 0 Å². The lowest BCUT2D eigenvalue weighted by molar-refractivity contribution is -0.152. The molecule has 1 aliphatic heterocycles. The van der Waals surface area contributed by atoms with Crippen molar-refractivity contribution in [2.45, 2.75) is 33.6 Å². The summed E-state index contributed by atoms with van der Waals surface area (Å²) in [6.45, 7) is 8.18. The van der Waals surface area contributed by atoms with E-state index < -0.39 is 0 Å². The Bertz CT molecular complexity index is 195. The number of nitrogens with zero attached hydrogens (tertiary/aromatic N) is 2. The number of hydrogen-bond acceptors (Lipinski definition) is 4. The normalized spacial score (nSPS) is 21.2. The highest BCUT2D eigenvalue weighted by Gasteiger charge is 2.27. The average molecular weight is 230 g/mol. The summed E-state index contributed by atoms with van der Waals surface area (Å²) >= 11 is 0. The molecule has 1 heterocycles. The molecule has 1 saturated heterocycles. The first-order valence-electron chi connectivity index (χ1n) is 6.24. The number of ether oxygens (including phenoxy) is 1. The van der Waals surface area contributed by atoms with Crippen molar-refractivity contribution in [3.05, 3.63) is 0 Å². The Kier molecular flexibility index (Phi) is 8.21. The smallest absolute Gasteiger partial charge is 0.310 e. The standard InChI is InChI=1S/C10H20N2O2.C2H6/c1-4-14-10(13)9-6-5-7-12(8-9)11(2)3;1-2/h9H,4-8H2,1-3H3;1-2H3. The lowest BCUT2D eigenvalue weighted by Crippen LogP contribution is -2.46. The number of rotatable bonds is 3. The van der Waals surface area contributed by atoms with Crippen molar-refractivity contribution in [3.8, 4) is 0 Å². The van der Waals surface area contributed by atoms with E-state index in [9.17, 15) is 4.79 Å². The lowest BCUT2D eigenvalue weighted by Gasteiger charge is -2.35. The van der Waals surface area contributed by atoms with Crippen LogP contribution in [0.25, 0.3) is 0 Å². The SMILES string of the molecule is CC.CCOC(=O)C1CCCN(N(C)C)C1. The second kappa shape index (κ2) is 8.53. The molecule has 1 atom stereocenters. The minimum absolute atomic E-state index is 0.0425. The van der Waals surface area contributed by atoms with Gasteiger partial charge in [-0.05, 0) is 19.8 Å². The fraction of sp³-hybridized carbons (Fsp3) is 0.917. The van der Waals surface area contributed by atoms with Crippen LogP contribution in [0.4, 0.5) is 0 Å². The minimum atomic E-state index is -0.0425. The molecule has 1 aliphatic rings. The Balaban J connectivity index is 0.00000106. The summed E-state index contributed by atoms with van der Waals surface area (Å²) in [6, 6.07) is 0. The lowest BCUT2D eigenvalue weighted by atomic mass is 9.99. The van der Waals surface area contributed by atoms with Gasteiger partial charge in [-0.2, -0.15) is 0 Å². The fourth-order valence-electron chi connectivity index (χ4n) is 1.77. The van der Waals surface area contributed by atoms with E-state index in [1.54, 1.807) is 0 Å². The molecule has 0 N–H and O–H groups in total. The molecule has 4 nitrogen and oxygen atoms in total. The molecule has 1 fully saturated rings. The molecule has 96 valence electrons. The van der Waals surface area contributed by atoms with Crippen LogP contribution in [0.1, 0.15) is 33.6 Å². The monoisotopic (exact) mass is 230 g/mol. The van der Waals surface area contributed by atoms with Gasteiger partial charge in [-0.3, -0.25) is 4.79 Å². The third-order valence-corrected chi connectivity index (χ3v) is 2.59. The van der Waals surface area contributed by atoms with E-state index in [2.05, 4.69) is 5.01 Å². The molecule has 0 saturated carbocycles. The zero-order valence-electron chi connectivity index (χ0n) is 11.3. The molecule has 4 heteroatoms.